The monoisotopic (exact) mass is 310 g/mol. The Bertz CT molecular complexity index is 1080. The lowest BCUT2D eigenvalue weighted by molar-refractivity contribution is -0.112. The highest BCUT2D eigenvalue weighted by Crippen LogP contribution is 2.36. The van der Waals surface area contributed by atoms with E-state index in [1.165, 1.54) is 0 Å². The van der Waals surface area contributed by atoms with Gasteiger partial charge in [0.25, 0.3) is 5.91 Å². The Hall–Kier alpha value is -2.59. The molecule has 0 atom stereocenters. The summed E-state index contributed by atoms with van der Waals surface area (Å²) in [7, 11) is 1.75. The SMILES string of the molecule is Cn1c(O)c(C2=c3ccccc3=NC2=O)c2cc(Cl)ccc21. The van der Waals surface area contributed by atoms with E-state index < -0.39 is 0 Å². The summed E-state index contributed by atoms with van der Waals surface area (Å²) in [6.45, 7) is 0. The number of rotatable bonds is 1. The van der Waals surface area contributed by atoms with Crippen molar-refractivity contribution in [2.24, 2.45) is 12.0 Å². The van der Waals surface area contributed by atoms with Gasteiger partial charge in [-0.25, -0.2) is 4.99 Å². The summed E-state index contributed by atoms with van der Waals surface area (Å²) >= 11 is 6.09. The molecule has 0 aliphatic carbocycles. The van der Waals surface area contributed by atoms with Crippen LogP contribution in [0, 0.1) is 0 Å². The smallest absolute Gasteiger partial charge is 0.279 e. The molecule has 0 bridgehead atoms. The number of aromatic nitrogens is 1. The Morgan fingerprint density at radius 3 is 2.77 bits per heavy atom. The van der Waals surface area contributed by atoms with Gasteiger partial charge in [-0.1, -0.05) is 29.8 Å². The number of hydrogen-bond donors (Lipinski definition) is 1. The summed E-state index contributed by atoms with van der Waals surface area (Å²) in [6, 6.07) is 12.6. The van der Waals surface area contributed by atoms with Gasteiger partial charge in [0.2, 0.25) is 0 Å². The molecule has 4 rings (SSSR count). The molecule has 1 aromatic heterocycles. The third kappa shape index (κ3) is 1.64. The minimum atomic E-state index is -0.344. The van der Waals surface area contributed by atoms with E-state index in [4.69, 9.17) is 11.6 Å². The molecular formula is C17H11ClN2O2. The van der Waals surface area contributed by atoms with Crippen molar-refractivity contribution in [3.8, 4) is 5.88 Å². The van der Waals surface area contributed by atoms with Crippen LogP contribution in [0.3, 0.4) is 0 Å². The second-order valence-corrected chi connectivity index (χ2v) is 5.66. The average Bonchev–Trinajstić information content (AvgIpc) is 2.94. The largest absolute Gasteiger partial charge is 0.494 e. The minimum absolute atomic E-state index is 0.0347. The summed E-state index contributed by atoms with van der Waals surface area (Å²) in [6.07, 6.45) is 0. The first-order valence-corrected chi connectivity index (χ1v) is 7.15. The van der Waals surface area contributed by atoms with E-state index in [0.717, 1.165) is 16.1 Å². The molecule has 0 saturated carbocycles. The number of carbonyl (C=O) groups is 1. The Kier molecular flexibility index (Phi) is 2.65. The van der Waals surface area contributed by atoms with Crippen molar-refractivity contribution >= 4 is 34.0 Å². The fourth-order valence-electron chi connectivity index (χ4n) is 2.95. The lowest BCUT2D eigenvalue weighted by atomic mass is 10.0. The van der Waals surface area contributed by atoms with Crippen LogP contribution in [0.15, 0.2) is 47.5 Å². The van der Waals surface area contributed by atoms with Crippen LogP contribution in [-0.2, 0) is 11.8 Å². The molecule has 0 spiro atoms. The van der Waals surface area contributed by atoms with Crippen LogP contribution in [0.2, 0.25) is 5.02 Å². The number of para-hydroxylation sites is 1. The Labute approximate surface area is 130 Å². The molecule has 2 heterocycles. The first-order chi connectivity index (χ1) is 10.6. The zero-order valence-corrected chi connectivity index (χ0v) is 12.4. The topological polar surface area (TPSA) is 54.6 Å². The molecule has 0 radical (unpaired) electrons. The van der Waals surface area contributed by atoms with E-state index in [2.05, 4.69) is 4.99 Å². The van der Waals surface area contributed by atoms with E-state index in [0.29, 0.717) is 21.5 Å². The van der Waals surface area contributed by atoms with Gasteiger partial charge in [0.1, 0.15) is 0 Å². The lowest BCUT2D eigenvalue weighted by Gasteiger charge is -2.01. The standard InChI is InChI=1S/C17H11ClN2O2/c1-20-13-7-6-9(18)8-11(13)15(17(20)22)14-10-4-2-3-5-12(10)19-16(14)21/h2-8,22H,1H3. The van der Waals surface area contributed by atoms with Crippen LogP contribution in [-0.4, -0.2) is 15.6 Å². The molecule has 0 unspecified atom stereocenters. The summed E-state index contributed by atoms with van der Waals surface area (Å²) < 4.78 is 1.64. The molecule has 1 N–H and O–H groups in total. The van der Waals surface area contributed by atoms with Crippen molar-refractivity contribution in [1.82, 2.24) is 4.57 Å². The molecule has 2 aromatic carbocycles. The normalized spacial score (nSPS) is 13.5. The quantitative estimate of drug-likeness (QED) is 0.746. The third-order valence-electron chi connectivity index (χ3n) is 3.99. The van der Waals surface area contributed by atoms with Gasteiger partial charge in [-0.15, -0.1) is 0 Å². The predicted molar refractivity (Wildman–Crippen MR) is 84.3 cm³/mol. The number of fused-ring (bicyclic) bond motifs is 2. The van der Waals surface area contributed by atoms with Crippen molar-refractivity contribution in [3.05, 3.63) is 63.6 Å². The van der Waals surface area contributed by atoms with Crippen LogP contribution in [0.25, 0.3) is 16.5 Å². The molecule has 1 aliphatic heterocycles. The average molecular weight is 311 g/mol. The fourth-order valence-corrected chi connectivity index (χ4v) is 3.13. The van der Waals surface area contributed by atoms with Gasteiger partial charge in [-0.05, 0) is 24.3 Å². The van der Waals surface area contributed by atoms with Gasteiger partial charge in [0.15, 0.2) is 5.88 Å². The minimum Gasteiger partial charge on any atom is -0.494 e. The highest BCUT2D eigenvalue weighted by molar-refractivity contribution is 6.32. The molecule has 0 saturated heterocycles. The predicted octanol–water partition coefficient (Wildman–Crippen LogP) is 1.90. The second-order valence-electron chi connectivity index (χ2n) is 5.23. The zero-order valence-electron chi connectivity index (χ0n) is 11.7. The van der Waals surface area contributed by atoms with E-state index in [1.54, 1.807) is 29.8 Å². The van der Waals surface area contributed by atoms with Gasteiger partial charge in [0.05, 0.1) is 22.0 Å². The number of amides is 1. The zero-order chi connectivity index (χ0) is 15.4. The van der Waals surface area contributed by atoms with Crippen molar-refractivity contribution < 1.29 is 9.90 Å². The maximum absolute atomic E-state index is 12.4. The molecule has 0 fully saturated rings. The number of hydrogen-bond acceptors (Lipinski definition) is 2. The Balaban J connectivity index is 2.22. The maximum Gasteiger partial charge on any atom is 0.279 e. The number of carbonyl (C=O) groups excluding carboxylic acids is 1. The van der Waals surface area contributed by atoms with E-state index in [-0.39, 0.29) is 11.8 Å². The molecular weight excluding hydrogens is 300 g/mol. The molecule has 1 amide bonds. The second kappa shape index (κ2) is 4.45. The number of aryl methyl sites for hydroxylation is 1. The fraction of sp³-hybridized carbons (Fsp3) is 0.0588. The van der Waals surface area contributed by atoms with Crippen LogP contribution in [0.5, 0.6) is 5.88 Å². The van der Waals surface area contributed by atoms with Gasteiger partial charge in [0, 0.05) is 22.7 Å². The maximum atomic E-state index is 12.4. The molecule has 4 nitrogen and oxygen atoms in total. The highest BCUT2D eigenvalue weighted by atomic mass is 35.5. The van der Waals surface area contributed by atoms with E-state index >= 15 is 0 Å². The first kappa shape index (κ1) is 13.1. The summed E-state index contributed by atoms with van der Waals surface area (Å²) in [4.78, 5) is 16.4. The van der Waals surface area contributed by atoms with Crippen LogP contribution in [0.1, 0.15) is 5.56 Å². The number of halogens is 1. The Morgan fingerprint density at radius 2 is 1.95 bits per heavy atom. The van der Waals surface area contributed by atoms with Crippen LogP contribution < -0.4 is 10.6 Å². The number of benzene rings is 2. The molecule has 5 heteroatoms. The molecule has 108 valence electrons. The van der Waals surface area contributed by atoms with Crippen molar-refractivity contribution in [1.29, 1.82) is 0 Å². The van der Waals surface area contributed by atoms with Crippen LogP contribution in [0.4, 0.5) is 0 Å². The Morgan fingerprint density at radius 1 is 1.18 bits per heavy atom. The van der Waals surface area contributed by atoms with Crippen molar-refractivity contribution in [2.45, 2.75) is 0 Å². The van der Waals surface area contributed by atoms with Crippen molar-refractivity contribution in [2.75, 3.05) is 0 Å². The van der Waals surface area contributed by atoms with Crippen LogP contribution >= 0.6 is 11.6 Å². The summed E-state index contributed by atoms with van der Waals surface area (Å²) in [5, 5.41) is 13.2. The van der Waals surface area contributed by atoms with Gasteiger partial charge in [-0.2, -0.15) is 0 Å². The van der Waals surface area contributed by atoms with E-state index in [9.17, 15) is 9.90 Å². The molecule has 22 heavy (non-hydrogen) atoms. The first-order valence-electron chi connectivity index (χ1n) is 6.77. The van der Waals surface area contributed by atoms with E-state index in [1.807, 2.05) is 24.3 Å². The molecule has 3 aromatic rings. The number of aromatic hydroxyl groups is 1. The molecule has 1 aliphatic rings. The highest BCUT2D eigenvalue weighted by Gasteiger charge is 2.26. The number of nitrogens with zero attached hydrogens (tertiary/aromatic N) is 2. The van der Waals surface area contributed by atoms with Gasteiger partial charge < -0.3 is 9.67 Å². The summed E-state index contributed by atoms with van der Waals surface area (Å²) in [5.41, 5.74) is 1.71. The summed E-state index contributed by atoms with van der Waals surface area (Å²) in [5.74, 6) is -0.309. The van der Waals surface area contributed by atoms with Gasteiger partial charge >= 0.3 is 0 Å². The van der Waals surface area contributed by atoms with Gasteiger partial charge in [-0.3, -0.25) is 4.79 Å². The third-order valence-corrected chi connectivity index (χ3v) is 4.22. The lowest BCUT2D eigenvalue weighted by Crippen LogP contribution is -2.22. The van der Waals surface area contributed by atoms with Crippen molar-refractivity contribution in [3.63, 3.8) is 0 Å².